The van der Waals surface area contributed by atoms with Crippen molar-refractivity contribution in [3.63, 3.8) is 0 Å². The third-order valence-corrected chi connectivity index (χ3v) is 3.87. The molecule has 5 nitrogen and oxygen atoms in total. The van der Waals surface area contributed by atoms with E-state index in [-0.39, 0.29) is 23.5 Å². The summed E-state index contributed by atoms with van der Waals surface area (Å²) in [4.78, 5) is 12.2. The van der Waals surface area contributed by atoms with E-state index in [1.165, 1.54) is 0 Å². The Balaban J connectivity index is 2.12. The lowest BCUT2D eigenvalue weighted by Crippen LogP contribution is -2.61. The normalized spacial score (nSPS) is 25.4. The summed E-state index contributed by atoms with van der Waals surface area (Å²) in [6.07, 6.45) is 0.260. The van der Waals surface area contributed by atoms with Crippen LogP contribution in [0.1, 0.15) is 42.0 Å². The zero-order valence-electron chi connectivity index (χ0n) is 11.2. The summed E-state index contributed by atoms with van der Waals surface area (Å²) in [7, 11) is 0. The number of amides is 1. The van der Waals surface area contributed by atoms with Gasteiger partial charge in [-0.1, -0.05) is 13.8 Å². The first-order valence-corrected chi connectivity index (χ1v) is 6.12. The zero-order chi connectivity index (χ0) is 13.5. The first-order valence-electron chi connectivity index (χ1n) is 6.12. The maximum atomic E-state index is 12.2. The molecule has 0 radical (unpaired) electrons. The lowest BCUT2D eigenvalue weighted by Gasteiger charge is -2.49. The van der Waals surface area contributed by atoms with Gasteiger partial charge in [-0.3, -0.25) is 4.79 Å². The van der Waals surface area contributed by atoms with E-state index in [9.17, 15) is 9.90 Å². The van der Waals surface area contributed by atoms with Crippen molar-refractivity contribution in [1.29, 1.82) is 0 Å². The van der Waals surface area contributed by atoms with Crippen molar-refractivity contribution in [2.24, 2.45) is 5.41 Å². The number of aromatic nitrogens is 2. The Morgan fingerprint density at radius 1 is 1.44 bits per heavy atom. The van der Waals surface area contributed by atoms with Crippen LogP contribution in [-0.4, -0.2) is 33.4 Å². The maximum Gasteiger partial charge on any atom is 0.253 e. The Labute approximate surface area is 107 Å². The number of nitrogens with one attached hydrogen (secondary N) is 1. The molecular formula is C13H19N3O2. The van der Waals surface area contributed by atoms with Crippen molar-refractivity contribution in [3.05, 3.63) is 23.0 Å². The van der Waals surface area contributed by atoms with Crippen LogP contribution in [0.4, 0.5) is 0 Å². The van der Waals surface area contributed by atoms with Crippen LogP contribution in [0.5, 0.6) is 0 Å². The predicted octanol–water partition coefficient (Wildman–Crippen LogP) is 0.983. The van der Waals surface area contributed by atoms with Gasteiger partial charge >= 0.3 is 0 Å². The van der Waals surface area contributed by atoms with Gasteiger partial charge in [-0.2, -0.15) is 10.2 Å². The van der Waals surface area contributed by atoms with Crippen molar-refractivity contribution in [2.75, 3.05) is 0 Å². The molecule has 1 saturated carbocycles. The Morgan fingerprint density at radius 3 is 2.67 bits per heavy atom. The number of carbonyl (C=O) groups excluding carboxylic acids is 1. The molecule has 0 aromatic carbocycles. The predicted molar refractivity (Wildman–Crippen MR) is 67.2 cm³/mol. The molecule has 98 valence electrons. The molecule has 0 bridgehead atoms. The summed E-state index contributed by atoms with van der Waals surface area (Å²) >= 11 is 0. The molecule has 1 aromatic heterocycles. The lowest BCUT2D eigenvalue weighted by atomic mass is 9.64. The van der Waals surface area contributed by atoms with E-state index in [1.54, 1.807) is 19.9 Å². The molecule has 1 aliphatic carbocycles. The molecule has 2 rings (SSSR count). The van der Waals surface area contributed by atoms with Crippen LogP contribution in [0.2, 0.25) is 0 Å². The molecule has 1 aromatic rings. The van der Waals surface area contributed by atoms with Crippen LogP contribution in [-0.2, 0) is 0 Å². The number of aryl methyl sites for hydroxylation is 2. The number of hydrogen-bond acceptors (Lipinski definition) is 4. The van der Waals surface area contributed by atoms with Gasteiger partial charge in [-0.15, -0.1) is 0 Å². The summed E-state index contributed by atoms with van der Waals surface area (Å²) in [5, 5.41) is 20.5. The van der Waals surface area contributed by atoms with Gasteiger partial charge in [-0.25, -0.2) is 0 Å². The van der Waals surface area contributed by atoms with E-state index in [0.29, 0.717) is 17.7 Å². The van der Waals surface area contributed by atoms with Crippen molar-refractivity contribution >= 4 is 5.91 Å². The van der Waals surface area contributed by atoms with Crippen LogP contribution >= 0.6 is 0 Å². The topological polar surface area (TPSA) is 75.1 Å². The second-order valence-electron chi connectivity index (χ2n) is 5.58. The minimum Gasteiger partial charge on any atom is -0.392 e. The molecule has 1 heterocycles. The number of nitrogens with zero attached hydrogens (tertiary/aromatic N) is 2. The molecule has 1 amide bonds. The average Bonchev–Trinajstić information content (AvgIpc) is 2.31. The van der Waals surface area contributed by atoms with Gasteiger partial charge in [0.25, 0.3) is 5.91 Å². The third kappa shape index (κ3) is 2.10. The monoisotopic (exact) mass is 249 g/mol. The van der Waals surface area contributed by atoms with Gasteiger partial charge in [0.1, 0.15) is 0 Å². The van der Waals surface area contributed by atoms with E-state index in [1.807, 2.05) is 13.8 Å². The molecular weight excluding hydrogens is 230 g/mol. The van der Waals surface area contributed by atoms with E-state index in [4.69, 9.17) is 0 Å². The second kappa shape index (κ2) is 4.31. The highest BCUT2D eigenvalue weighted by atomic mass is 16.3. The first-order chi connectivity index (χ1) is 8.32. The molecule has 18 heavy (non-hydrogen) atoms. The molecule has 0 saturated heterocycles. The number of aliphatic hydroxyl groups excluding tert-OH is 1. The highest BCUT2D eigenvalue weighted by Crippen LogP contribution is 2.40. The molecule has 0 spiro atoms. The van der Waals surface area contributed by atoms with E-state index < -0.39 is 0 Å². The fourth-order valence-corrected chi connectivity index (χ4v) is 2.16. The van der Waals surface area contributed by atoms with Crippen LogP contribution in [0, 0.1) is 19.3 Å². The van der Waals surface area contributed by atoms with E-state index in [0.717, 1.165) is 5.69 Å². The Kier molecular flexibility index (Phi) is 3.11. The van der Waals surface area contributed by atoms with Gasteiger partial charge in [0.2, 0.25) is 0 Å². The SMILES string of the molecule is Cc1cc(C(=O)NC2CC(O)C2(C)C)c(C)nn1. The number of rotatable bonds is 2. The largest absolute Gasteiger partial charge is 0.392 e. The fraction of sp³-hybridized carbons (Fsp3) is 0.615. The van der Waals surface area contributed by atoms with Crippen LogP contribution < -0.4 is 5.32 Å². The van der Waals surface area contributed by atoms with E-state index >= 15 is 0 Å². The molecule has 1 aliphatic rings. The van der Waals surface area contributed by atoms with Gasteiger partial charge in [0.15, 0.2) is 0 Å². The van der Waals surface area contributed by atoms with Gasteiger partial charge in [-0.05, 0) is 26.3 Å². The zero-order valence-corrected chi connectivity index (χ0v) is 11.2. The first kappa shape index (κ1) is 13.0. The molecule has 2 atom stereocenters. The smallest absolute Gasteiger partial charge is 0.253 e. The summed E-state index contributed by atoms with van der Waals surface area (Å²) in [5.41, 5.74) is 1.63. The molecule has 2 N–H and O–H groups in total. The summed E-state index contributed by atoms with van der Waals surface area (Å²) in [6.45, 7) is 7.48. The highest BCUT2D eigenvalue weighted by molar-refractivity contribution is 5.95. The Bertz CT molecular complexity index is 485. The van der Waals surface area contributed by atoms with Gasteiger partial charge in [0, 0.05) is 11.5 Å². The minimum atomic E-state index is -0.346. The van der Waals surface area contributed by atoms with Crippen molar-refractivity contribution in [2.45, 2.75) is 46.3 Å². The highest BCUT2D eigenvalue weighted by Gasteiger charge is 2.48. The number of hydrogen-bond donors (Lipinski definition) is 2. The Hall–Kier alpha value is -1.49. The molecule has 0 aliphatic heterocycles. The van der Waals surface area contributed by atoms with Crippen LogP contribution in [0.15, 0.2) is 6.07 Å². The third-order valence-electron chi connectivity index (χ3n) is 3.87. The Morgan fingerprint density at radius 2 is 2.11 bits per heavy atom. The van der Waals surface area contributed by atoms with Gasteiger partial charge < -0.3 is 10.4 Å². The summed E-state index contributed by atoms with van der Waals surface area (Å²) in [6, 6.07) is 1.74. The molecule has 1 fully saturated rings. The van der Waals surface area contributed by atoms with Crippen molar-refractivity contribution in [1.82, 2.24) is 15.5 Å². The van der Waals surface area contributed by atoms with Gasteiger partial charge in [0.05, 0.1) is 23.1 Å². The standard InChI is InChI=1S/C13H19N3O2/c1-7-5-9(8(2)16-15-7)12(18)14-10-6-11(17)13(10,3)4/h5,10-11,17H,6H2,1-4H3,(H,14,18). The second-order valence-corrected chi connectivity index (χ2v) is 5.58. The summed E-state index contributed by atoms with van der Waals surface area (Å²) < 4.78 is 0. The lowest BCUT2D eigenvalue weighted by molar-refractivity contribution is -0.0689. The average molecular weight is 249 g/mol. The minimum absolute atomic E-state index is 0.00729. The number of aliphatic hydroxyl groups is 1. The van der Waals surface area contributed by atoms with Crippen molar-refractivity contribution in [3.8, 4) is 0 Å². The quantitative estimate of drug-likeness (QED) is 0.819. The number of carbonyl (C=O) groups is 1. The van der Waals surface area contributed by atoms with Crippen molar-refractivity contribution < 1.29 is 9.90 Å². The fourth-order valence-electron chi connectivity index (χ4n) is 2.16. The van der Waals surface area contributed by atoms with Crippen LogP contribution in [0.3, 0.4) is 0 Å². The summed E-state index contributed by atoms with van der Waals surface area (Å²) in [5.74, 6) is -0.143. The molecule has 2 unspecified atom stereocenters. The van der Waals surface area contributed by atoms with E-state index in [2.05, 4.69) is 15.5 Å². The molecule has 5 heteroatoms. The van der Waals surface area contributed by atoms with Crippen LogP contribution in [0.25, 0.3) is 0 Å². The maximum absolute atomic E-state index is 12.2.